The number of halogens is 1. The summed E-state index contributed by atoms with van der Waals surface area (Å²) in [5.74, 6) is -0.172. The zero-order valence-corrected chi connectivity index (χ0v) is 12.6. The maximum atomic E-state index is 13.0. The molecule has 2 aliphatic heterocycles. The molecule has 1 aromatic rings. The first-order valence-corrected chi connectivity index (χ1v) is 7.40. The molecule has 108 valence electrons. The summed E-state index contributed by atoms with van der Waals surface area (Å²) in [7, 11) is 2.22. The standard InChI is InChI=1S/C17H23FN2/c1-17(2)12-15(11-13-5-7-14(18)8-6-13)20-10-4-9-19(3)16(17)20/h5-8,11,16H,4,9-10,12H2,1-3H3/b15-11+. The van der Waals surface area contributed by atoms with Crippen molar-refractivity contribution < 1.29 is 4.39 Å². The molecule has 0 amide bonds. The Labute approximate surface area is 120 Å². The fourth-order valence-electron chi connectivity index (χ4n) is 3.84. The van der Waals surface area contributed by atoms with E-state index in [1.165, 1.54) is 30.8 Å². The summed E-state index contributed by atoms with van der Waals surface area (Å²) in [6.07, 6.45) is 5.01. The van der Waals surface area contributed by atoms with Gasteiger partial charge in [0.05, 0.1) is 6.17 Å². The molecule has 0 aromatic heterocycles. The molecule has 0 spiro atoms. The van der Waals surface area contributed by atoms with E-state index < -0.39 is 0 Å². The van der Waals surface area contributed by atoms with E-state index in [4.69, 9.17) is 0 Å². The molecule has 2 nitrogen and oxygen atoms in total. The molecule has 2 aliphatic rings. The summed E-state index contributed by atoms with van der Waals surface area (Å²) in [4.78, 5) is 5.00. The van der Waals surface area contributed by atoms with Crippen molar-refractivity contribution in [2.75, 3.05) is 20.1 Å². The molecule has 2 fully saturated rings. The average Bonchev–Trinajstić information content (AvgIpc) is 2.65. The fourth-order valence-corrected chi connectivity index (χ4v) is 3.84. The molecule has 0 bridgehead atoms. The van der Waals surface area contributed by atoms with Crippen LogP contribution in [0.2, 0.25) is 0 Å². The summed E-state index contributed by atoms with van der Waals surface area (Å²) < 4.78 is 13.0. The van der Waals surface area contributed by atoms with Gasteiger partial charge in [0.2, 0.25) is 0 Å². The van der Waals surface area contributed by atoms with E-state index in [0.717, 1.165) is 18.5 Å². The van der Waals surface area contributed by atoms with Gasteiger partial charge in [0.1, 0.15) is 5.82 Å². The highest BCUT2D eigenvalue weighted by molar-refractivity contribution is 5.53. The molecule has 20 heavy (non-hydrogen) atoms. The van der Waals surface area contributed by atoms with Crippen LogP contribution in [-0.4, -0.2) is 36.1 Å². The van der Waals surface area contributed by atoms with E-state index in [1.54, 1.807) is 0 Å². The molecule has 1 atom stereocenters. The molecule has 1 aromatic carbocycles. The van der Waals surface area contributed by atoms with Crippen LogP contribution in [0.25, 0.3) is 6.08 Å². The van der Waals surface area contributed by atoms with E-state index in [1.807, 2.05) is 12.1 Å². The molecule has 3 heteroatoms. The van der Waals surface area contributed by atoms with Crippen molar-refractivity contribution in [2.24, 2.45) is 5.41 Å². The zero-order valence-electron chi connectivity index (χ0n) is 12.6. The maximum Gasteiger partial charge on any atom is 0.123 e. The Kier molecular flexibility index (Phi) is 3.33. The lowest BCUT2D eigenvalue weighted by Gasteiger charge is -2.44. The lowest BCUT2D eigenvalue weighted by Crippen LogP contribution is -2.53. The molecule has 0 aliphatic carbocycles. The van der Waals surface area contributed by atoms with Crippen LogP contribution in [0.1, 0.15) is 32.3 Å². The highest BCUT2D eigenvalue weighted by Crippen LogP contribution is 2.45. The van der Waals surface area contributed by atoms with Crippen LogP contribution in [0.3, 0.4) is 0 Å². The van der Waals surface area contributed by atoms with Crippen LogP contribution >= 0.6 is 0 Å². The highest BCUT2D eigenvalue weighted by atomic mass is 19.1. The Balaban J connectivity index is 1.92. The molecular formula is C17H23FN2. The Hall–Kier alpha value is -1.35. The first-order valence-electron chi connectivity index (χ1n) is 7.40. The third-order valence-corrected chi connectivity index (χ3v) is 4.53. The van der Waals surface area contributed by atoms with Crippen LogP contribution in [0.4, 0.5) is 4.39 Å². The number of nitrogens with zero attached hydrogens (tertiary/aromatic N) is 2. The second-order valence-corrected chi connectivity index (χ2v) is 6.75. The zero-order chi connectivity index (χ0) is 14.3. The third-order valence-electron chi connectivity index (χ3n) is 4.53. The molecule has 1 unspecified atom stereocenters. The highest BCUT2D eigenvalue weighted by Gasteiger charge is 2.46. The summed E-state index contributed by atoms with van der Waals surface area (Å²) >= 11 is 0. The minimum absolute atomic E-state index is 0.172. The van der Waals surface area contributed by atoms with Gasteiger partial charge in [0, 0.05) is 24.2 Å². The Morgan fingerprint density at radius 1 is 1.20 bits per heavy atom. The van der Waals surface area contributed by atoms with Gasteiger partial charge in [0.25, 0.3) is 0 Å². The van der Waals surface area contributed by atoms with Crippen molar-refractivity contribution in [3.8, 4) is 0 Å². The lowest BCUT2D eigenvalue weighted by molar-refractivity contribution is 0.0108. The van der Waals surface area contributed by atoms with Gasteiger partial charge in [-0.2, -0.15) is 0 Å². The van der Waals surface area contributed by atoms with E-state index in [9.17, 15) is 4.39 Å². The van der Waals surface area contributed by atoms with Crippen molar-refractivity contribution >= 4 is 6.08 Å². The topological polar surface area (TPSA) is 6.48 Å². The van der Waals surface area contributed by atoms with Crippen LogP contribution in [-0.2, 0) is 0 Å². The van der Waals surface area contributed by atoms with E-state index in [2.05, 4.69) is 36.8 Å². The third kappa shape index (κ3) is 2.35. The Morgan fingerprint density at radius 3 is 2.60 bits per heavy atom. The van der Waals surface area contributed by atoms with Crippen LogP contribution in [0.15, 0.2) is 30.0 Å². The van der Waals surface area contributed by atoms with Crippen LogP contribution in [0, 0.1) is 11.2 Å². The number of benzene rings is 1. The molecule has 2 heterocycles. The summed E-state index contributed by atoms with van der Waals surface area (Å²) in [5.41, 5.74) is 2.74. The summed E-state index contributed by atoms with van der Waals surface area (Å²) in [6, 6.07) is 6.78. The van der Waals surface area contributed by atoms with Crippen molar-refractivity contribution in [1.82, 2.24) is 9.80 Å². The molecule has 0 saturated carbocycles. The molecule has 2 saturated heterocycles. The number of hydrogen-bond acceptors (Lipinski definition) is 2. The Morgan fingerprint density at radius 2 is 1.90 bits per heavy atom. The smallest absolute Gasteiger partial charge is 0.123 e. The van der Waals surface area contributed by atoms with Gasteiger partial charge in [-0.05, 0) is 43.7 Å². The summed E-state index contributed by atoms with van der Waals surface area (Å²) in [5, 5.41) is 0. The van der Waals surface area contributed by atoms with E-state index >= 15 is 0 Å². The minimum atomic E-state index is -0.172. The first kappa shape index (κ1) is 13.6. The molecule has 0 N–H and O–H groups in total. The SMILES string of the molecule is CN1CCCN2/C(=C/c3ccc(F)cc3)CC(C)(C)C12. The van der Waals surface area contributed by atoms with Crippen molar-refractivity contribution in [3.05, 3.63) is 41.3 Å². The van der Waals surface area contributed by atoms with Gasteiger partial charge in [-0.25, -0.2) is 4.39 Å². The van der Waals surface area contributed by atoms with Gasteiger partial charge >= 0.3 is 0 Å². The number of allylic oxidation sites excluding steroid dienone is 1. The van der Waals surface area contributed by atoms with E-state index in [-0.39, 0.29) is 11.2 Å². The second kappa shape index (κ2) is 4.88. The van der Waals surface area contributed by atoms with Gasteiger partial charge in [-0.3, -0.25) is 4.90 Å². The summed E-state index contributed by atoms with van der Waals surface area (Å²) in [6.45, 7) is 7.00. The monoisotopic (exact) mass is 274 g/mol. The first-order chi connectivity index (χ1) is 9.47. The van der Waals surface area contributed by atoms with Gasteiger partial charge in [-0.15, -0.1) is 0 Å². The van der Waals surface area contributed by atoms with Crippen LogP contribution < -0.4 is 0 Å². The molecular weight excluding hydrogens is 251 g/mol. The quantitative estimate of drug-likeness (QED) is 0.772. The maximum absolute atomic E-state index is 13.0. The predicted molar refractivity (Wildman–Crippen MR) is 80.5 cm³/mol. The predicted octanol–water partition coefficient (Wildman–Crippen LogP) is 3.56. The number of fused-ring (bicyclic) bond motifs is 1. The van der Waals surface area contributed by atoms with Crippen molar-refractivity contribution in [1.29, 1.82) is 0 Å². The molecule has 0 radical (unpaired) electrons. The number of rotatable bonds is 1. The molecule has 3 rings (SSSR count). The lowest BCUT2D eigenvalue weighted by atomic mass is 9.87. The second-order valence-electron chi connectivity index (χ2n) is 6.75. The number of hydrogen-bond donors (Lipinski definition) is 0. The average molecular weight is 274 g/mol. The van der Waals surface area contributed by atoms with Gasteiger partial charge in [0.15, 0.2) is 0 Å². The van der Waals surface area contributed by atoms with Crippen molar-refractivity contribution in [3.63, 3.8) is 0 Å². The Bertz CT molecular complexity index is 518. The van der Waals surface area contributed by atoms with E-state index in [0.29, 0.717) is 6.17 Å². The van der Waals surface area contributed by atoms with Crippen LogP contribution in [0.5, 0.6) is 0 Å². The van der Waals surface area contributed by atoms with Gasteiger partial charge in [-0.1, -0.05) is 26.0 Å². The largest absolute Gasteiger partial charge is 0.358 e. The van der Waals surface area contributed by atoms with Gasteiger partial charge < -0.3 is 4.90 Å². The normalized spacial score (nSPS) is 27.9. The fraction of sp³-hybridized carbons (Fsp3) is 0.529. The van der Waals surface area contributed by atoms with Crippen molar-refractivity contribution in [2.45, 2.75) is 32.9 Å². The minimum Gasteiger partial charge on any atom is -0.358 e.